The van der Waals surface area contributed by atoms with Crippen LogP contribution in [0.3, 0.4) is 0 Å². The normalized spacial score (nSPS) is 14.2. The van der Waals surface area contributed by atoms with Crippen LogP contribution in [0, 0.1) is 0 Å². The van der Waals surface area contributed by atoms with Gasteiger partial charge in [0.25, 0.3) is 0 Å². The van der Waals surface area contributed by atoms with E-state index in [1.54, 1.807) is 13.8 Å². The van der Waals surface area contributed by atoms with Crippen molar-refractivity contribution < 1.29 is 5.11 Å². The summed E-state index contributed by atoms with van der Waals surface area (Å²) >= 11 is 5.86. The minimum absolute atomic E-state index is 0.0891. The summed E-state index contributed by atoms with van der Waals surface area (Å²) in [6.45, 7) is 5.60. The first-order valence-corrected chi connectivity index (χ1v) is 4.77. The van der Waals surface area contributed by atoms with Crippen LogP contribution in [0.25, 0.3) is 0 Å². The number of hydrogen-bond acceptors (Lipinski definition) is 1. The Kier molecular flexibility index (Phi) is 2.99. The van der Waals surface area contributed by atoms with Gasteiger partial charge in [0, 0.05) is 10.9 Å². The van der Waals surface area contributed by atoms with Crippen molar-refractivity contribution in [1.82, 2.24) is 0 Å². The highest BCUT2D eigenvalue weighted by Crippen LogP contribution is 2.28. The van der Waals surface area contributed by atoms with Crippen molar-refractivity contribution in [1.29, 1.82) is 0 Å². The monoisotopic (exact) mass is 198 g/mol. The highest BCUT2D eigenvalue weighted by atomic mass is 35.5. The summed E-state index contributed by atoms with van der Waals surface area (Å²) in [5.74, 6) is 0.0891. The van der Waals surface area contributed by atoms with Crippen molar-refractivity contribution >= 4 is 11.6 Å². The molecular formula is C11H15ClO. The number of halogens is 1. The highest BCUT2D eigenvalue weighted by molar-refractivity contribution is 6.30. The minimum atomic E-state index is -0.704. The summed E-state index contributed by atoms with van der Waals surface area (Å²) in [5, 5.41) is 10.5. The Balaban J connectivity index is 2.96. The average Bonchev–Trinajstić information content (AvgIpc) is 2.01. The summed E-state index contributed by atoms with van der Waals surface area (Å²) in [4.78, 5) is 0. The van der Waals surface area contributed by atoms with Crippen LogP contribution in [-0.4, -0.2) is 10.7 Å². The van der Waals surface area contributed by atoms with Gasteiger partial charge in [0.1, 0.15) is 0 Å². The van der Waals surface area contributed by atoms with Crippen molar-refractivity contribution in [3.05, 3.63) is 34.9 Å². The Morgan fingerprint density at radius 3 is 2.46 bits per heavy atom. The molecule has 0 spiro atoms. The molecule has 72 valence electrons. The molecule has 0 saturated heterocycles. The van der Waals surface area contributed by atoms with E-state index in [0.717, 1.165) is 5.56 Å². The molecular weight excluding hydrogens is 184 g/mol. The van der Waals surface area contributed by atoms with Crippen molar-refractivity contribution in [3.63, 3.8) is 0 Å². The zero-order valence-electron chi connectivity index (χ0n) is 8.21. The average molecular weight is 199 g/mol. The summed E-state index contributed by atoms with van der Waals surface area (Å²) in [6.07, 6.45) is 0. The Bertz CT molecular complexity index is 288. The highest BCUT2D eigenvalue weighted by Gasteiger charge is 2.23. The van der Waals surface area contributed by atoms with Gasteiger partial charge in [-0.05, 0) is 31.5 Å². The lowest BCUT2D eigenvalue weighted by molar-refractivity contribution is 0.0559. The molecule has 0 radical (unpaired) electrons. The van der Waals surface area contributed by atoms with Crippen LogP contribution < -0.4 is 0 Å². The maximum atomic E-state index is 9.79. The zero-order chi connectivity index (χ0) is 10.1. The van der Waals surface area contributed by atoms with Gasteiger partial charge in [0.15, 0.2) is 0 Å². The first-order valence-electron chi connectivity index (χ1n) is 4.39. The van der Waals surface area contributed by atoms with Crippen molar-refractivity contribution in [2.45, 2.75) is 32.3 Å². The molecule has 13 heavy (non-hydrogen) atoms. The van der Waals surface area contributed by atoms with E-state index in [9.17, 15) is 5.11 Å². The third-order valence-corrected chi connectivity index (χ3v) is 2.64. The van der Waals surface area contributed by atoms with E-state index in [1.807, 2.05) is 31.2 Å². The van der Waals surface area contributed by atoms with E-state index < -0.39 is 5.60 Å². The van der Waals surface area contributed by atoms with Crippen LogP contribution in [0.5, 0.6) is 0 Å². The molecule has 2 heteroatoms. The van der Waals surface area contributed by atoms with Gasteiger partial charge in [-0.25, -0.2) is 0 Å². The number of hydrogen-bond donors (Lipinski definition) is 1. The molecule has 1 aromatic carbocycles. The lowest BCUT2D eigenvalue weighted by atomic mass is 9.86. The summed E-state index contributed by atoms with van der Waals surface area (Å²) in [7, 11) is 0. The van der Waals surface area contributed by atoms with E-state index in [2.05, 4.69) is 0 Å². The summed E-state index contributed by atoms with van der Waals surface area (Å²) < 4.78 is 0. The van der Waals surface area contributed by atoms with Crippen molar-refractivity contribution in [2.24, 2.45) is 0 Å². The molecule has 1 atom stereocenters. The first kappa shape index (κ1) is 10.6. The second kappa shape index (κ2) is 3.69. The third-order valence-electron chi connectivity index (χ3n) is 2.41. The van der Waals surface area contributed by atoms with E-state index in [4.69, 9.17) is 11.6 Å². The smallest absolute Gasteiger partial charge is 0.0657 e. The zero-order valence-corrected chi connectivity index (χ0v) is 8.97. The van der Waals surface area contributed by atoms with Crippen molar-refractivity contribution in [2.75, 3.05) is 0 Å². The van der Waals surface area contributed by atoms with E-state index in [-0.39, 0.29) is 5.92 Å². The van der Waals surface area contributed by atoms with Gasteiger partial charge in [0.2, 0.25) is 0 Å². The van der Waals surface area contributed by atoms with Gasteiger partial charge in [-0.15, -0.1) is 0 Å². The van der Waals surface area contributed by atoms with Gasteiger partial charge in [-0.3, -0.25) is 0 Å². The molecule has 1 unspecified atom stereocenters. The topological polar surface area (TPSA) is 20.2 Å². The first-order chi connectivity index (χ1) is 5.91. The molecule has 0 aliphatic heterocycles. The van der Waals surface area contributed by atoms with E-state index in [0.29, 0.717) is 5.02 Å². The van der Waals surface area contributed by atoms with Crippen LogP contribution in [0.2, 0.25) is 5.02 Å². The molecule has 0 amide bonds. The fourth-order valence-electron chi connectivity index (χ4n) is 1.18. The van der Waals surface area contributed by atoms with Gasteiger partial charge >= 0.3 is 0 Å². The van der Waals surface area contributed by atoms with Crippen LogP contribution in [0.1, 0.15) is 32.3 Å². The van der Waals surface area contributed by atoms with Gasteiger partial charge in [0.05, 0.1) is 5.60 Å². The Morgan fingerprint density at radius 2 is 2.00 bits per heavy atom. The molecule has 1 nitrogen and oxygen atoms in total. The second-order valence-electron chi connectivity index (χ2n) is 3.93. The predicted molar refractivity (Wildman–Crippen MR) is 56.2 cm³/mol. The lowest BCUT2D eigenvalue weighted by Crippen LogP contribution is -2.26. The van der Waals surface area contributed by atoms with E-state index in [1.165, 1.54) is 0 Å². The molecule has 0 fully saturated rings. The predicted octanol–water partition coefficient (Wildman–Crippen LogP) is 3.21. The molecule has 0 aliphatic carbocycles. The minimum Gasteiger partial charge on any atom is -0.390 e. The van der Waals surface area contributed by atoms with Crippen LogP contribution in [0.15, 0.2) is 24.3 Å². The Morgan fingerprint density at radius 1 is 1.38 bits per heavy atom. The maximum absolute atomic E-state index is 9.79. The van der Waals surface area contributed by atoms with Gasteiger partial charge in [-0.2, -0.15) is 0 Å². The Labute approximate surface area is 84.4 Å². The quantitative estimate of drug-likeness (QED) is 0.774. The molecule has 1 aromatic rings. The van der Waals surface area contributed by atoms with Crippen LogP contribution >= 0.6 is 11.6 Å². The molecule has 1 N–H and O–H groups in total. The standard InChI is InChI=1S/C11H15ClO/c1-8(11(2,3)13)9-5-4-6-10(12)7-9/h4-8,13H,1-3H3. The molecule has 0 heterocycles. The molecule has 0 saturated carbocycles. The lowest BCUT2D eigenvalue weighted by Gasteiger charge is -2.26. The van der Waals surface area contributed by atoms with Crippen molar-refractivity contribution in [3.8, 4) is 0 Å². The second-order valence-corrected chi connectivity index (χ2v) is 4.37. The summed E-state index contributed by atoms with van der Waals surface area (Å²) in [5.41, 5.74) is 0.366. The number of rotatable bonds is 2. The summed E-state index contributed by atoms with van der Waals surface area (Å²) in [6, 6.07) is 7.61. The molecule has 1 rings (SSSR count). The fraction of sp³-hybridized carbons (Fsp3) is 0.455. The number of benzene rings is 1. The van der Waals surface area contributed by atoms with Gasteiger partial charge in [-0.1, -0.05) is 30.7 Å². The molecule has 0 aromatic heterocycles. The number of aliphatic hydroxyl groups is 1. The molecule has 0 bridgehead atoms. The third kappa shape index (κ3) is 2.71. The van der Waals surface area contributed by atoms with Gasteiger partial charge < -0.3 is 5.11 Å². The Hall–Kier alpha value is -0.530. The molecule has 0 aliphatic rings. The van der Waals surface area contributed by atoms with Crippen LogP contribution in [-0.2, 0) is 0 Å². The fourth-order valence-corrected chi connectivity index (χ4v) is 1.38. The largest absolute Gasteiger partial charge is 0.390 e. The maximum Gasteiger partial charge on any atom is 0.0657 e. The van der Waals surface area contributed by atoms with E-state index >= 15 is 0 Å². The SMILES string of the molecule is CC(c1cccc(Cl)c1)C(C)(C)O. The van der Waals surface area contributed by atoms with Crippen LogP contribution in [0.4, 0.5) is 0 Å².